The highest BCUT2D eigenvalue weighted by Crippen LogP contribution is 2.47. The first kappa shape index (κ1) is 85.5. The summed E-state index contributed by atoms with van der Waals surface area (Å²) in [4.78, 5) is 102. The van der Waals surface area contributed by atoms with E-state index in [-0.39, 0.29) is 120 Å². The topological polar surface area (TPSA) is 464 Å². The first-order valence-electron chi connectivity index (χ1n) is 34.4. The molecule has 552 valence electrons. The summed E-state index contributed by atoms with van der Waals surface area (Å²) < 4.78 is 51.3. The molecule has 3 fully saturated rings. The van der Waals surface area contributed by atoms with Crippen molar-refractivity contribution in [1.82, 2.24) is 26.6 Å². The van der Waals surface area contributed by atoms with Crippen LogP contribution in [0.25, 0.3) is 0 Å². The van der Waals surface area contributed by atoms with Gasteiger partial charge in [-0.15, -0.1) is 0 Å². The lowest BCUT2D eigenvalue weighted by molar-refractivity contribution is -0.282. The summed E-state index contributed by atoms with van der Waals surface area (Å²) in [5.74, 6) is -3.99. The quantitative estimate of drug-likeness (QED) is 0.0294. The fraction of sp³-hybridized carbons (Fsp3) is 0.891. The van der Waals surface area contributed by atoms with E-state index in [2.05, 4.69) is 26.6 Å². The highest BCUT2D eigenvalue weighted by atomic mass is 31.2. The molecule has 0 bridgehead atoms. The monoisotopic (exact) mass is 1390 g/mol. The zero-order valence-electron chi connectivity index (χ0n) is 56.5. The van der Waals surface area contributed by atoms with Gasteiger partial charge in [-0.3, -0.25) is 38.1 Å². The third-order valence-corrected chi connectivity index (χ3v) is 19.3. The van der Waals surface area contributed by atoms with Gasteiger partial charge in [-0.05, 0) is 83.5 Å². The third kappa shape index (κ3) is 32.4. The molecule has 0 aromatic rings. The Hall–Kier alpha value is -3.76. The molecule has 0 spiro atoms. The molecule has 30 nitrogen and oxygen atoms in total. The predicted octanol–water partition coefficient (Wildman–Crippen LogP) is 0.691. The molecule has 3 heterocycles. The molecule has 3 saturated heterocycles. The largest absolute Gasteiger partial charge is 0.394 e. The van der Waals surface area contributed by atoms with Gasteiger partial charge in [0.2, 0.25) is 29.5 Å². The first-order valence-corrected chi connectivity index (χ1v) is 36.0. The van der Waals surface area contributed by atoms with Crippen LogP contribution in [-0.2, 0) is 71.1 Å². The zero-order valence-corrected chi connectivity index (χ0v) is 57.4. The normalized spacial score (nSPS) is 27.4. The van der Waals surface area contributed by atoms with Crippen molar-refractivity contribution in [3.05, 3.63) is 0 Å². The lowest BCUT2D eigenvalue weighted by Crippen LogP contribution is -2.64. The second-order valence-electron chi connectivity index (χ2n) is 25.7. The second kappa shape index (κ2) is 47.3. The number of carbonyl (C=O) groups is 7. The summed E-state index contributed by atoms with van der Waals surface area (Å²) >= 11 is 0. The number of nitrogens with one attached hydrogen (secondary N) is 5. The van der Waals surface area contributed by atoms with Gasteiger partial charge in [0, 0.05) is 103 Å². The van der Waals surface area contributed by atoms with Gasteiger partial charge >= 0.3 is 7.60 Å². The maximum Gasteiger partial charge on any atom is 0.330 e. The number of unbranched alkanes of at least 4 members (excludes halogenated alkanes) is 10. The van der Waals surface area contributed by atoms with Crippen LogP contribution in [0, 0.1) is 17.8 Å². The average molecular weight is 1390 g/mol. The van der Waals surface area contributed by atoms with Gasteiger partial charge in [0.15, 0.2) is 24.7 Å². The van der Waals surface area contributed by atoms with Gasteiger partial charge < -0.3 is 110 Å². The molecule has 3 aliphatic heterocycles. The van der Waals surface area contributed by atoms with Crippen LogP contribution in [0.2, 0.25) is 0 Å². The van der Waals surface area contributed by atoms with Gasteiger partial charge in [-0.1, -0.05) is 59.8 Å². The van der Waals surface area contributed by atoms with Gasteiger partial charge in [0.1, 0.15) is 54.6 Å². The SMILES string of the molecule is CC(=O)NC1[C@H](OCCCCCC(=O)NCCCCC(CC(=O)C(CCCCNC(=O)CCCCCO[C@@H]2OC(CO)[C@H](O)[C@H](O)C2C)NC(=O)CCCCCO[C@@H]2OC(CO)[C@H](O)[C@H](O)C2C)C(=O)NCCCCCC(=O)CCOP(=O)(O)C(C)C)OC(CO)[C@H](O)[C@@H]1O. The van der Waals surface area contributed by atoms with Crippen molar-refractivity contribution in [3.8, 4) is 0 Å². The zero-order chi connectivity index (χ0) is 70.5. The molecular weight excluding hydrogens is 1270 g/mol. The van der Waals surface area contributed by atoms with Gasteiger partial charge in [0.05, 0.1) is 50.3 Å². The van der Waals surface area contributed by atoms with Crippen molar-refractivity contribution in [2.75, 3.05) is 65.9 Å². The minimum absolute atomic E-state index is 0.00952. The molecule has 9 unspecified atom stereocenters. The van der Waals surface area contributed by atoms with Crippen molar-refractivity contribution in [1.29, 1.82) is 0 Å². The van der Waals surface area contributed by atoms with E-state index in [0.29, 0.717) is 116 Å². The Balaban J connectivity index is 1.58. The van der Waals surface area contributed by atoms with E-state index in [1.165, 1.54) is 6.92 Å². The van der Waals surface area contributed by atoms with Crippen molar-refractivity contribution < 1.29 is 122 Å². The second-order valence-corrected chi connectivity index (χ2v) is 28.1. The predicted molar refractivity (Wildman–Crippen MR) is 343 cm³/mol. The number of aliphatic hydroxyl groups excluding tert-OH is 9. The van der Waals surface area contributed by atoms with Crippen LogP contribution in [0.3, 0.4) is 0 Å². The maximum absolute atomic E-state index is 14.4. The third-order valence-electron chi connectivity index (χ3n) is 17.4. The van der Waals surface area contributed by atoms with E-state index < -0.39 is 143 Å². The molecule has 0 saturated carbocycles. The molecule has 0 aromatic heterocycles. The molecule has 0 aromatic carbocycles. The van der Waals surface area contributed by atoms with E-state index >= 15 is 0 Å². The number of rotatable bonds is 51. The highest BCUT2D eigenvalue weighted by molar-refractivity contribution is 7.53. The smallest absolute Gasteiger partial charge is 0.330 e. The van der Waals surface area contributed by atoms with Crippen molar-refractivity contribution in [2.24, 2.45) is 17.8 Å². The summed E-state index contributed by atoms with van der Waals surface area (Å²) in [5, 5.41) is 105. The summed E-state index contributed by atoms with van der Waals surface area (Å²) in [6.45, 7) is 7.45. The van der Waals surface area contributed by atoms with E-state index in [9.17, 15) is 89.0 Å². The number of amides is 5. The molecule has 18 atom stereocenters. The lowest BCUT2D eigenvalue weighted by Gasteiger charge is -2.42. The Morgan fingerprint density at radius 3 is 1.39 bits per heavy atom. The number of ketones is 2. The molecule has 0 aliphatic carbocycles. The number of hydrogen-bond donors (Lipinski definition) is 15. The summed E-state index contributed by atoms with van der Waals surface area (Å²) in [5.41, 5.74) is -0.599. The fourth-order valence-electron chi connectivity index (χ4n) is 11.2. The number of hydrogen-bond acceptors (Lipinski definition) is 24. The summed E-state index contributed by atoms with van der Waals surface area (Å²) in [6.07, 6.45) is -4.18. The van der Waals surface area contributed by atoms with Gasteiger partial charge in [-0.25, -0.2) is 0 Å². The molecule has 3 aliphatic rings. The fourth-order valence-corrected chi connectivity index (χ4v) is 11.8. The summed E-state index contributed by atoms with van der Waals surface area (Å²) in [7, 11) is -3.80. The van der Waals surface area contributed by atoms with Crippen LogP contribution in [0.1, 0.15) is 189 Å². The van der Waals surface area contributed by atoms with Gasteiger partial charge in [-0.2, -0.15) is 0 Å². The van der Waals surface area contributed by atoms with Crippen LogP contribution in [-0.4, -0.2) is 249 Å². The van der Waals surface area contributed by atoms with Crippen molar-refractivity contribution in [3.63, 3.8) is 0 Å². The molecule has 0 radical (unpaired) electrons. The Bertz CT molecular complexity index is 2280. The van der Waals surface area contributed by atoms with Crippen molar-refractivity contribution >= 4 is 48.7 Å². The maximum atomic E-state index is 14.4. The minimum Gasteiger partial charge on any atom is -0.394 e. The average Bonchev–Trinajstić information content (AvgIpc) is 0.830. The van der Waals surface area contributed by atoms with Crippen molar-refractivity contribution in [2.45, 2.75) is 280 Å². The van der Waals surface area contributed by atoms with E-state index in [1.807, 2.05) is 0 Å². The standard InChI is InChI=1S/C64H116N5O25P/c1-40(2)95(86,87)91-35-28-45(74)23-10-6-16-31-67-61(85)44(22-14-17-29-65-51(76)26-12-8-21-34-90-64-54(68-43(5)73)60(84)59(83)50(39-72)94-64)36-47(75)46(69-53(78)27-13-9-20-33-89-63-42(4)56(80)58(82)49(38-71)93-63)24-15-18-30-66-52(77)25-11-7-19-32-88-62-41(3)55(79)57(81)48(37-70)92-62/h40-42,44,46,48-50,54-60,62-64,70-72,79-84H,6-39H2,1-5H3,(H,65,76)(H,66,77)(H,67,85)(H,68,73)(H,69,78)(H,86,87)/t41?,42?,44?,46?,48?,49?,50?,54?,55-,56-,57+,58+,59+,60-,62-,63-,64-/m1/s1. The van der Waals surface area contributed by atoms with E-state index in [4.69, 9.17) is 32.9 Å². The van der Waals surface area contributed by atoms with Crippen LogP contribution in [0.15, 0.2) is 0 Å². The number of aliphatic hydroxyl groups is 9. The number of ether oxygens (including phenoxy) is 6. The summed E-state index contributed by atoms with van der Waals surface area (Å²) in [6, 6.07) is -2.04. The van der Waals surface area contributed by atoms with Crippen LogP contribution < -0.4 is 26.6 Å². The van der Waals surface area contributed by atoms with Crippen LogP contribution >= 0.6 is 7.60 Å². The van der Waals surface area contributed by atoms with E-state index in [0.717, 1.165) is 0 Å². The first-order chi connectivity index (χ1) is 45.3. The molecule has 31 heteroatoms. The molecule has 3 rings (SSSR count). The highest BCUT2D eigenvalue weighted by Gasteiger charge is 2.46. The van der Waals surface area contributed by atoms with Gasteiger partial charge in [0.25, 0.3) is 0 Å². The Morgan fingerprint density at radius 2 is 0.905 bits per heavy atom. The Labute approximate surface area is 559 Å². The molecule has 15 N–H and O–H groups in total. The number of carbonyl (C=O) groups excluding carboxylic acids is 7. The Morgan fingerprint density at radius 1 is 0.484 bits per heavy atom. The minimum atomic E-state index is -3.80. The molecule has 95 heavy (non-hydrogen) atoms. The van der Waals surface area contributed by atoms with E-state index in [1.54, 1.807) is 27.7 Å². The molecular formula is C64H116N5O25P. The van der Waals surface area contributed by atoms with Crippen LogP contribution in [0.5, 0.6) is 0 Å². The molecule has 5 amide bonds. The Kier molecular flexibility index (Phi) is 42.6. The van der Waals surface area contributed by atoms with Crippen LogP contribution in [0.4, 0.5) is 0 Å². The lowest BCUT2D eigenvalue weighted by atomic mass is 9.91. The number of Topliss-reactive ketones (excluding diaryl/α,β-unsaturated/α-hetero) is 2.